The van der Waals surface area contributed by atoms with Crippen LogP contribution in [-0.4, -0.2) is 25.6 Å². The van der Waals surface area contributed by atoms with E-state index in [2.05, 4.69) is 0 Å². The number of anilines is 1. The van der Waals surface area contributed by atoms with Gasteiger partial charge in [0.15, 0.2) is 0 Å². The molecule has 4 nitrogen and oxygen atoms in total. The summed E-state index contributed by atoms with van der Waals surface area (Å²) in [6.07, 6.45) is 0. The first-order valence-electron chi connectivity index (χ1n) is 5.57. The average Bonchev–Trinajstić information content (AvgIpc) is 2.35. The Morgan fingerprint density at radius 1 is 1.65 bits per heavy atom. The van der Waals surface area contributed by atoms with Crippen LogP contribution in [0.25, 0.3) is 0 Å². The maximum absolute atomic E-state index is 13.0. The molecule has 1 aliphatic heterocycles. The summed E-state index contributed by atoms with van der Waals surface area (Å²) in [6, 6.07) is 4.17. The smallest absolute Gasteiger partial charge is 0.231 e. The van der Waals surface area contributed by atoms with E-state index in [4.69, 9.17) is 10.5 Å². The van der Waals surface area contributed by atoms with E-state index in [0.29, 0.717) is 31.1 Å². The molecule has 0 aromatic heterocycles. The van der Waals surface area contributed by atoms with Gasteiger partial charge < -0.3 is 15.4 Å². The van der Waals surface area contributed by atoms with Crippen molar-refractivity contribution < 1.29 is 13.9 Å². The molecule has 0 bridgehead atoms. The normalized spacial score (nSPS) is 16.1. The first-order valence-corrected chi connectivity index (χ1v) is 5.57. The predicted octanol–water partition coefficient (Wildman–Crippen LogP) is 1.15. The van der Waals surface area contributed by atoms with Crippen LogP contribution in [-0.2, 0) is 4.79 Å². The summed E-state index contributed by atoms with van der Waals surface area (Å²) < 4.78 is 18.4. The van der Waals surface area contributed by atoms with Crippen LogP contribution in [0.4, 0.5) is 10.1 Å². The molecule has 1 aliphatic rings. The van der Waals surface area contributed by atoms with Gasteiger partial charge in [-0.3, -0.25) is 4.79 Å². The van der Waals surface area contributed by atoms with Crippen molar-refractivity contribution in [3.63, 3.8) is 0 Å². The van der Waals surface area contributed by atoms with Crippen LogP contribution in [0.5, 0.6) is 5.75 Å². The third-order valence-electron chi connectivity index (χ3n) is 2.83. The van der Waals surface area contributed by atoms with Gasteiger partial charge >= 0.3 is 0 Å². The van der Waals surface area contributed by atoms with E-state index in [-0.39, 0.29) is 17.6 Å². The molecule has 0 fully saturated rings. The van der Waals surface area contributed by atoms with E-state index < -0.39 is 0 Å². The highest BCUT2D eigenvalue weighted by Crippen LogP contribution is 2.32. The minimum atomic E-state index is -0.370. The number of ether oxygens (including phenoxy) is 1. The zero-order valence-corrected chi connectivity index (χ0v) is 9.65. The minimum absolute atomic E-state index is 0.0522. The minimum Gasteiger partial charge on any atom is -0.489 e. The molecule has 5 heteroatoms. The van der Waals surface area contributed by atoms with Crippen LogP contribution in [0, 0.1) is 11.7 Å². The summed E-state index contributed by atoms with van der Waals surface area (Å²) in [6.45, 7) is 2.93. The third kappa shape index (κ3) is 2.24. The summed E-state index contributed by atoms with van der Waals surface area (Å²) in [7, 11) is 0. The number of hydrogen-bond donors (Lipinski definition) is 1. The third-order valence-corrected chi connectivity index (χ3v) is 2.83. The summed E-state index contributed by atoms with van der Waals surface area (Å²) in [5.41, 5.74) is 6.10. The molecule has 0 radical (unpaired) electrons. The summed E-state index contributed by atoms with van der Waals surface area (Å²) in [5.74, 6) is -0.256. The molecule has 0 aliphatic carbocycles. The maximum Gasteiger partial charge on any atom is 0.231 e. The van der Waals surface area contributed by atoms with Crippen molar-refractivity contribution in [3.8, 4) is 5.75 Å². The topological polar surface area (TPSA) is 55.6 Å². The van der Waals surface area contributed by atoms with Crippen molar-refractivity contribution in [1.82, 2.24) is 0 Å². The van der Waals surface area contributed by atoms with Gasteiger partial charge in [0.25, 0.3) is 0 Å². The fourth-order valence-electron chi connectivity index (χ4n) is 1.79. The van der Waals surface area contributed by atoms with Crippen molar-refractivity contribution in [2.45, 2.75) is 6.92 Å². The van der Waals surface area contributed by atoms with Gasteiger partial charge in [-0.2, -0.15) is 0 Å². The molecular formula is C12H15FN2O2. The second kappa shape index (κ2) is 4.71. The Bertz CT molecular complexity index is 437. The SMILES string of the molecule is CC(CN)C(=O)N1CCOc2cc(F)ccc21. The van der Waals surface area contributed by atoms with E-state index in [1.54, 1.807) is 17.9 Å². The van der Waals surface area contributed by atoms with Gasteiger partial charge in [-0.25, -0.2) is 4.39 Å². The number of nitrogens with zero attached hydrogens (tertiary/aromatic N) is 1. The Balaban J connectivity index is 2.31. The number of rotatable bonds is 2. The van der Waals surface area contributed by atoms with E-state index in [0.717, 1.165) is 0 Å². The number of nitrogens with two attached hydrogens (primary N) is 1. The fourth-order valence-corrected chi connectivity index (χ4v) is 1.79. The number of fused-ring (bicyclic) bond motifs is 1. The lowest BCUT2D eigenvalue weighted by molar-refractivity contribution is -0.121. The second-order valence-electron chi connectivity index (χ2n) is 4.09. The standard InChI is InChI=1S/C12H15FN2O2/c1-8(7-14)12(16)15-4-5-17-11-6-9(13)2-3-10(11)15/h2-3,6,8H,4-5,7,14H2,1H3. The average molecular weight is 238 g/mol. The van der Waals surface area contributed by atoms with Crippen LogP contribution in [0.2, 0.25) is 0 Å². The number of benzene rings is 1. The van der Waals surface area contributed by atoms with Crippen molar-refractivity contribution in [2.24, 2.45) is 11.7 Å². The molecule has 2 rings (SSSR count). The first-order chi connectivity index (χ1) is 8.13. The Hall–Kier alpha value is -1.62. The van der Waals surface area contributed by atoms with Gasteiger partial charge in [-0.15, -0.1) is 0 Å². The molecule has 1 unspecified atom stereocenters. The van der Waals surface area contributed by atoms with E-state index in [1.165, 1.54) is 12.1 Å². The fraction of sp³-hybridized carbons (Fsp3) is 0.417. The Morgan fingerprint density at radius 3 is 3.12 bits per heavy atom. The lowest BCUT2D eigenvalue weighted by atomic mass is 10.1. The van der Waals surface area contributed by atoms with Crippen LogP contribution in [0.15, 0.2) is 18.2 Å². The molecule has 92 valence electrons. The largest absolute Gasteiger partial charge is 0.489 e. The summed E-state index contributed by atoms with van der Waals surface area (Å²) in [4.78, 5) is 13.7. The molecule has 1 atom stereocenters. The molecule has 1 amide bonds. The zero-order chi connectivity index (χ0) is 12.4. The van der Waals surface area contributed by atoms with Gasteiger partial charge in [0.2, 0.25) is 5.91 Å². The van der Waals surface area contributed by atoms with Gasteiger partial charge in [-0.05, 0) is 12.1 Å². The lowest BCUT2D eigenvalue weighted by Gasteiger charge is -2.31. The van der Waals surface area contributed by atoms with Crippen molar-refractivity contribution in [2.75, 3.05) is 24.6 Å². The number of carbonyl (C=O) groups excluding carboxylic acids is 1. The van der Waals surface area contributed by atoms with E-state index >= 15 is 0 Å². The second-order valence-corrected chi connectivity index (χ2v) is 4.09. The van der Waals surface area contributed by atoms with Crippen molar-refractivity contribution >= 4 is 11.6 Å². The Kier molecular flexibility index (Phi) is 3.28. The van der Waals surface area contributed by atoms with Gasteiger partial charge in [0, 0.05) is 18.5 Å². The van der Waals surface area contributed by atoms with Crippen LogP contribution >= 0.6 is 0 Å². The Labute approximate surface area is 99.2 Å². The summed E-state index contributed by atoms with van der Waals surface area (Å²) >= 11 is 0. The van der Waals surface area contributed by atoms with E-state index in [9.17, 15) is 9.18 Å². The molecule has 2 N–H and O–H groups in total. The molecule has 1 heterocycles. The molecule has 0 spiro atoms. The number of carbonyl (C=O) groups is 1. The van der Waals surface area contributed by atoms with Gasteiger partial charge in [0.05, 0.1) is 12.2 Å². The van der Waals surface area contributed by atoms with Crippen molar-refractivity contribution in [1.29, 1.82) is 0 Å². The van der Waals surface area contributed by atoms with Gasteiger partial charge in [-0.1, -0.05) is 6.92 Å². The lowest BCUT2D eigenvalue weighted by Crippen LogP contribution is -2.42. The van der Waals surface area contributed by atoms with Crippen LogP contribution in [0.3, 0.4) is 0 Å². The zero-order valence-electron chi connectivity index (χ0n) is 9.65. The monoisotopic (exact) mass is 238 g/mol. The molecular weight excluding hydrogens is 223 g/mol. The molecule has 0 saturated carbocycles. The van der Waals surface area contributed by atoms with Crippen LogP contribution < -0.4 is 15.4 Å². The number of halogens is 1. The maximum atomic E-state index is 13.0. The first kappa shape index (κ1) is 11.9. The van der Waals surface area contributed by atoms with Gasteiger partial charge in [0.1, 0.15) is 18.2 Å². The molecule has 1 aromatic rings. The Morgan fingerprint density at radius 2 is 2.41 bits per heavy atom. The predicted molar refractivity (Wildman–Crippen MR) is 62.5 cm³/mol. The molecule has 1 aromatic carbocycles. The number of amides is 1. The highest BCUT2D eigenvalue weighted by atomic mass is 19.1. The highest BCUT2D eigenvalue weighted by Gasteiger charge is 2.26. The molecule has 17 heavy (non-hydrogen) atoms. The quantitative estimate of drug-likeness (QED) is 0.840. The highest BCUT2D eigenvalue weighted by molar-refractivity contribution is 5.96. The molecule has 0 saturated heterocycles. The summed E-state index contributed by atoms with van der Waals surface area (Å²) in [5, 5.41) is 0. The van der Waals surface area contributed by atoms with Crippen molar-refractivity contribution in [3.05, 3.63) is 24.0 Å². The number of hydrogen-bond acceptors (Lipinski definition) is 3. The van der Waals surface area contributed by atoms with Crippen LogP contribution in [0.1, 0.15) is 6.92 Å². The van der Waals surface area contributed by atoms with E-state index in [1.807, 2.05) is 0 Å².